The van der Waals surface area contributed by atoms with Crippen molar-refractivity contribution in [2.75, 3.05) is 45.9 Å². The Morgan fingerprint density at radius 1 is 1.16 bits per heavy atom. The second kappa shape index (κ2) is 7.57. The van der Waals surface area contributed by atoms with Crippen LogP contribution in [0.15, 0.2) is 12.1 Å². The van der Waals surface area contributed by atoms with Crippen molar-refractivity contribution in [1.29, 1.82) is 0 Å². The highest BCUT2D eigenvalue weighted by Gasteiger charge is 2.18. The van der Waals surface area contributed by atoms with Gasteiger partial charge in [0, 0.05) is 44.1 Å². The van der Waals surface area contributed by atoms with Crippen LogP contribution in [0.2, 0.25) is 4.34 Å². The largest absolute Gasteiger partial charge is 0.395 e. The molecule has 2 heterocycles. The van der Waals surface area contributed by atoms with E-state index < -0.39 is 6.10 Å². The van der Waals surface area contributed by atoms with Crippen LogP contribution in [0.3, 0.4) is 0 Å². The van der Waals surface area contributed by atoms with Gasteiger partial charge in [-0.15, -0.1) is 11.3 Å². The maximum absolute atomic E-state index is 10.1. The molecule has 0 spiro atoms. The first-order chi connectivity index (χ1) is 9.19. The van der Waals surface area contributed by atoms with E-state index in [2.05, 4.69) is 9.80 Å². The summed E-state index contributed by atoms with van der Waals surface area (Å²) in [5.74, 6) is 0. The molecule has 0 radical (unpaired) electrons. The highest BCUT2D eigenvalue weighted by molar-refractivity contribution is 7.16. The van der Waals surface area contributed by atoms with Gasteiger partial charge >= 0.3 is 0 Å². The van der Waals surface area contributed by atoms with Crippen LogP contribution in [-0.2, 0) is 0 Å². The molecule has 1 aromatic heterocycles. The summed E-state index contributed by atoms with van der Waals surface area (Å²) in [4.78, 5) is 5.59. The fraction of sp³-hybridized carbons (Fsp3) is 0.692. The lowest BCUT2D eigenvalue weighted by molar-refractivity contribution is 0.0932. The summed E-state index contributed by atoms with van der Waals surface area (Å²) >= 11 is 7.32. The number of hydrogen-bond acceptors (Lipinski definition) is 5. The zero-order valence-electron chi connectivity index (χ0n) is 11.0. The van der Waals surface area contributed by atoms with Gasteiger partial charge in [-0.1, -0.05) is 11.6 Å². The molecule has 108 valence electrons. The minimum absolute atomic E-state index is 0.234. The van der Waals surface area contributed by atoms with E-state index in [1.54, 1.807) is 0 Å². The second-order valence-electron chi connectivity index (χ2n) is 4.85. The Labute approximate surface area is 123 Å². The Morgan fingerprint density at radius 3 is 2.32 bits per heavy atom. The van der Waals surface area contributed by atoms with E-state index >= 15 is 0 Å². The minimum Gasteiger partial charge on any atom is -0.395 e. The lowest BCUT2D eigenvalue weighted by Gasteiger charge is -2.34. The molecule has 0 aromatic carbocycles. The van der Waals surface area contributed by atoms with Gasteiger partial charge in [0.2, 0.25) is 0 Å². The van der Waals surface area contributed by atoms with Crippen LogP contribution >= 0.6 is 22.9 Å². The van der Waals surface area contributed by atoms with Gasteiger partial charge in [-0.25, -0.2) is 0 Å². The number of halogens is 1. The Balaban J connectivity index is 1.69. The molecule has 19 heavy (non-hydrogen) atoms. The van der Waals surface area contributed by atoms with Crippen molar-refractivity contribution in [1.82, 2.24) is 9.80 Å². The smallest absolute Gasteiger partial charge is 0.0932 e. The Kier molecular flexibility index (Phi) is 6.06. The first-order valence-electron chi connectivity index (χ1n) is 6.68. The van der Waals surface area contributed by atoms with Gasteiger partial charge in [-0.3, -0.25) is 4.90 Å². The maximum atomic E-state index is 10.1. The number of aliphatic hydroxyl groups is 2. The number of nitrogens with zero attached hydrogens (tertiary/aromatic N) is 2. The van der Waals surface area contributed by atoms with Crippen LogP contribution in [0.4, 0.5) is 0 Å². The van der Waals surface area contributed by atoms with E-state index in [0.717, 1.165) is 54.9 Å². The standard InChI is InChI=1S/C13H21ClN2O2S/c14-13-2-1-12(19-13)11(18)3-4-15-5-7-16(8-6-15)9-10-17/h1-2,11,17-18H,3-10H2. The van der Waals surface area contributed by atoms with Crippen molar-refractivity contribution >= 4 is 22.9 Å². The molecule has 0 amide bonds. The second-order valence-corrected chi connectivity index (χ2v) is 6.60. The van der Waals surface area contributed by atoms with Crippen LogP contribution in [0.1, 0.15) is 17.4 Å². The van der Waals surface area contributed by atoms with Crippen molar-refractivity contribution in [3.05, 3.63) is 21.3 Å². The van der Waals surface area contributed by atoms with E-state index in [4.69, 9.17) is 16.7 Å². The fourth-order valence-electron chi connectivity index (χ4n) is 2.33. The molecule has 1 saturated heterocycles. The number of thiophene rings is 1. The van der Waals surface area contributed by atoms with Crippen molar-refractivity contribution in [2.45, 2.75) is 12.5 Å². The molecule has 1 unspecified atom stereocenters. The predicted molar refractivity (Wildman–Crippen MR) is 78.9 cm³/mol. The molecule has 1 atom stereocenters. The molecule has 1 fully saturated rings. The van der Waals surface area contributed by atoms with Crippen molar-refractivity contribution in [2.24, 2.45) is 0 Å². The van der Waals surface area contributed by atoms with Crippen molar-refractivity contribution in [3.63, 3.8) is 0 Å². The third kappa shape index (κ3) is 4.70. The normalized spacial score (nSPS) is 19.7. The number of hydrogen-bond donors (Lipinski definition) is 2. The Hall–Kier alpha value is -0.170. The summed E-state index contributed by atoms with van der Waals surface area (Å²) in [6, 6.07) is 3.73. The zero-order chi connectivity index (χ0) is 13.7. The van der Waals surface area contributed by atoms with Crippen LogP contribution in [0.5, 0.6) is 0 Å². The lowest BCUT2D eigenvalue weighted by Crippen LogP contribution is -2.47. The summed E-state index contributed by atoms with van der Waals surface area (Å²) in [6.07, 6.45) is 0.338. The first kappa shape index (κ1) is 15.2. The highest BCUT2D eigenvalue weighted by atomic mass is 35.5. The third-order valence-corrected chi connectivity index (χ3v) is 4.85. The summed E-state index contributed by atoms with van der Waals surface area (Å²) in [6.45, 7) is 5.93. The van der Waals surface area contributed by atoms with Crippen molar-refractivity contribution < 1.29 is 10.2 Å². The van der Waals surface area contributed by atoms with Gasteiger partial charge in [0.25, 0.3) is 0 Å². The number of aliphatic hydroxyl groups excluding tert-OH is 2. The molecule has 0 aliphatic carbocycles. The van der Waals surface area contributed by atoms with Gasteiger partial charge in [0.1, 0.15) is 0 Å². The molecular formula is C13H21ClN2O2S. The topological polar surface area (TPSA) is 46.9 Å². The molecule has 4 nitrogen and oxygen atoms in total. The summed E-state index contributed by atoms with van der Waals surface area (Å²) in [5, 5.41) is 19.0. The monoisotopic (exact) mass is 304 g/mol. The van der Waals surface area contributed by atoms with Crippen LogP contribution < -0.4 is 0 Å². The summed E-state index contributed by atoms with van der Waals surface area (Å²) in [5.41, 5.74) is 0. The predicted octanol–water partition coefficient (Wildman–Crippen LogP) is 1.43. The molecule has 2 rings (SSSR count). The molecule has 1 aliphatic rings. The van der Waals surface area contributed by atoms with Gasteiger partial charge in [0.15, 0.2) is 0 Å². The molecule has 1 aromatic rings. The number of piperazine rings is 1. The minimum atomic E-state index is -0.409. The van der Waals surface area contributed by atoms with Gasteiger partial charge in [-0.05, 0) is 18.6 Å². The van der Waals surface area contributed by atoms with Gasteiger partial charge < -0.3 is 15.1 Å². The van der Waals surface area contributed by atoms with E-state index in [1.165, 1.54) is 11.3 Å². The SMILES string of the molecule is OCCN1CCN(CCC(O)c2ccc(Cl)s2)CC1. The van der Waals surface area contributed by atoms with Crippen molar-refractivity contribution in [3.8, 4) is 0 Å². The van der Waals surface area contributed by atoms with E-state index in [0.29, 0.717) is 0 Å². The van der Waals surface area contributed by atoms with E-state index in [1.807, 2.05) is 12.1 Å². The van der Waals surface area contributed by atoms with Crippen LogP contribution in [0.25, 0.3) is 0 Å². The Bertz CT molecular complexity index is 380. The summed E-state index contributed by atoms with van der Waals surface area (Å²) in [7, 11) is 0. The zero-order valence-corrected chi connectivity index (χ0v) is 12.5. The van der Waals surface area contributed by atoms with E-state index in [9.17, 15) is 5.11 Å². The summed E-state index contributed by atoms with van der Waals surface area (Å²) < 4.78 is 0.728. The molecule has 0 bridgehead atoms. The molecule has 1 aliphatic heterocycles. The number of rotatable bonds is 6. The van der Waals surface area contributed by atoms with Crippen LogP contribution in [0, 0.1) is 0 Å². The molecule has 2 N–H and O–H groups in total. The first-order valence-corrected chi connectivity index (χ1v) is 7.87. The highest BCUT2D eigenvalue weighted by Crippen LogP contribution is 2.28. The van der Waals surface area contributed by atoms with Crippen LogP contribution in [-0.4, -0.2) is 65.9 Å². The quantitative estimate of drug-likeness (QED) is 0.835. The number of β-amino-alcohol motifs (C(OH)–C–C–N with tert-alkyl or cyclic N) is 1. The van der Waals surface area contributed by atoms with Gasteiger partial charge in [0.05, 0.1) is 17.0 Å². The third-order valence-electron chi connectivity index (χ3n) is 3.52. The van der Waals surface area contributed by atoms with E-state index in [-0.39, 0.29) is 6.61 Å². The lowest BCUT2D eigenvalue weighted by atomic mass is 10.2. The van der Waals surface area contributed by atoms with Gasteiger partial charge in [-0.2, -0.15) is 0 Å². The average Bonchev–Trinajstić information content (AvgIpc) is 2.85. The molecule has 6 heteroatoms. The molecular weight excluding hydrogens is 284 g/mol. The Morgan fingerprint density at radius 2 is 1.79 bits per heavy atom. The molecule has 0 saturated carbocycles. The fourth-order valence-corrected chi connectivity index (χ4v) is 3.41. The average molecular weight is 305 g/mol. The maximum Gasteiger partial charge on any atom is 0.0932 e.